The number of aromatic nitrogens is 4. The molecule has 3 aromatic heterocycles. The predicted octanol–water partition coefficient (Wildman–Crippen LogP) is 2.80. The molecule has 130 valence electrons. The van der Waals surface area contributed by atoms with Crippen molar-refractivity contribution in [3.8, 4) is 0 Å². The smallest absolute Gasteiger partial charge is 0.359 e. The van der Waals surface area contributed by atoms with Crippen LogP contribution < -0.4 is 5.56 Å². The number of esters is 1. The largest absolute Gasteiger partial charge is 0.450 e. The Labute approximate surface area is 148 Å². The normalized spacial score (nSPS) is 12.4. The number of carbonyl (C=O) groups excluding carboxylic acids is 1. The van der Waals surface area contributed by atoms with E-state index in [2.05, 4.69) is 15.0 Å². The monoisotopic (exact) mass is 348 g/mol. The highest BCUT2D eigenvalue weighted by atomic mass is 16.5. The second kappa shape index (κ2) is 6.11. The molecule has 1 unspecified atom stereocenters. The average Bonchev–Trinajstić information content (AvgIpc) is 3.05. The lowest BCUT2D eigenvalue weighted by Crippen LogP contribution is -2.17. The summed E-state index contributed by atoms with van der Waals surface area (Å²) in [6.45, 7) is 3.61. The summed E-state index contributed by atoms with van der Waals surface area (Å²) in [5.74, 6) is -0.281. The summed E-state index contributed by atoms with van der Waals surface area (Å²) >= 11 is 0. The molecule has 0 radical (unpaired) electrons. The number of hydrogen-bond acceptors (Lipinski definition) is 5. The Hall–Kier alpha value is -3.48. The van der Waals surface area contributed by atoms with Gasteiger partial charge in [0.1, 0.15) is 5.65 Å². The van der Waals surface area contributed by atoms with Gasteiger partial charge in [0.05, 0.1) is 10.9 Å². The van der Waals surface area contributed by atoms with Gasteiger partial charge < -0.3 is 14.1 Å². The van der Waals surface area contributed by atoms with Gasteiger partial charge >= 0.3 is 5.97 Å². The van der Waals surface area contributed by atoms with Crippen molar-refractivity contribution < 1.29 is 9.53 Å². The predicted molar refractivity (Wildman–Crippen MR) is 96.1 cm³/mol. The molecule has 1 N–H and O–H groups in total. The Morgan fingerprint density at radius 2 is 2.04 bits per heavy atom. The van der Waals surface area contributed by atoms with E-state index in [4.69, 9.17) is 4.74 Å². The highest BCUT2D eigenvalue weighted by Gasteiger charge is 2.19. The first-order valence-electron chi connectivity index (χ1n) is 8.16. The number of imidazole rings is 1. The van der Waals surface area contributed by atoms with Crippen LogP contribution in [0.5, 0.6) is 0 Å². The number of benzene rings is 1. The van der Waals surface area contributed by atoms with Gasteiger partial charge in [0.15, 0.2) is 17.6 Å². The lowest BCUT2D eigenvalue weighted by atomic mass is 10.2. The van der Waals surface area contributed by atoms with Crippen LogP contribution in [-0.2, 0) is 4.74 Å². The molecule has 0 amide bonds. The maximum atomic E-state index is 12.4. The van der Waals surface area contributed by atoms with Crippen LogP contribution in [0.3, 0.4) is 0 Å². The van der Waals surface area contributed by atoms with Crippen LogP contribution in [0.1, 0.15) is 34.9 Å². The number of fused-ring (bicyclic) bond motifs is 2. The standard InChI is InChI=1S/C19H16N4O3/c1-11-7-8-23-10-15(20-16(23)9-11)19(25)26-12(2)17-21-14-6-4-3-5-13(14)18(24)22-17/h3-10,12H,1-2H3,(H,21,22,24). The van der Waals surface area contributed by atoms with Crippen LogP contribution in [-0.4, -0.2) is 25.3 Å². The molecule has 7 nitrogen and oxygen atoms in total. The van der Waals surface area contributed by atoms with E-state index in [9.17, 15) is 9.59 Å². The first-order chi connectivity index (χ1) is 12.5. The van der Waals surface area contributed by atoms with Crippen LogP contribution in [0.4, 0.5) is 0 Å². The van der Waals surface area contributed by atoms with E-state index in [1.807, 2.05) is 25.3 Å². The van der Waals surface area contributed by atoms with Crippen molar-refractivity contribution in [2.45, 2.75) is 20.0 Å². The van der Waals surface area contributed by atoms with Crippen LogP contribution in [0.2, 0.25) is 0 Å². The van der Waals surface area contributed by atoms with E-state index >= 15 is 0 Å². The quantitative estimate of drug-likeness (QED) is 0.575. The molecule has 4 aromatic rings. The summed E-state index contributed by atoms with van der Waals surface area (Å²) in [6.07, 6.45) is 2.73. The summed E-state index contributed by atoms with van der Waals surface area (Å²) in [5.41, 5.74) is 2.20. The molecule has 4 rings (SSSR count). The maximum Gasteiger partial charge on any atom is 0.359 e. The summed E-state index contributed by atoms with van der Waals surface area (Å²) in [4.78, 5) is 35.9. The fourth-order valence-electron chi connectivity index (χ4n) is 2.76. The van der Waals surface area contributed by atoms with Gasteiger partial charge in [0, 0.05) is 12.4 Å². The molecule has 0 aliphatic rings. The third-order valence-corrected chi connectivity index (χ3v) is 4.12. The molecule has 0 saturated heterocycles. The first kappa shape index (κ1) is 16.0. The number of ether oxygens (including phenoxy) is 1. The molecule has 0 aliphatic heterocycles. The molecule has 26 heavy (non-hydrogen) atoms. The Bertz CT molecular complexity index is 1190. The Morgan fingerprint density at radius 1 is 1.23 bits per heavy atom. The van der Waals surface area contributed by atoms with Gasteiger partial charge in [-0.25, -0.2) is 14.8 Å². The minimum absolute atomic E-state index is 0.200. The summed E-state index contributed by atoms with van der Waals surface area (Å²) in [5, 5.41) is 0.491. The van der Waals surface area contributed by atoms with E-state index in [1.165, 1.54) is 0 Å². The molecule has 0 spiro atoms. The number of carbonyl (C=O) groups is 1. The number of hydrogen-bond donors (Lipinski definition) is 1. The van der Waals surface area contributed by atoms with Crippen molar-refractivity contribution in [3.63, 3.8) is 0 Å². The number of H-pyrrole nitrogens is 1. The highest BCUT2D eigenvalue weighted by molar-refractivity contribution is 5.88. The van der Waals surface area contributed by atoms with Gasteiger partial charge in [-0.3, -0.25) is 4.79 Å². The van der Waals surface area contributed by atoms with Gasteiger partial charge in [0.2, 0.25) is 0 Å². The van der Waals surface area contributed by atoms with Crippen molar-refractivity contribution in [3.05, 3.63) is 76.2 Å². The minimum Gasteiger partial charge on any atom is -0.450 e. The van der Waals surface area contributed by atoms with Crippen molar-refractivity contribution in [1.29, 1.82) is 0 Å². The molecule has 1 atom stereocenters. The topological polar surface area (TPSA) is 89.4 Å². The van der Waals surface area contributed by atoms with Gasteiger partial charge in [0.25, 0.3) is 5.56 Å². The summed E-state index contributed by atoms with van der Waals surface area (Å²) in [6, 6.07) is 10.8. The van der Waals surface area contributed by atoms with Crippen LogP contribution in [0, 0.1) is 6.92 Å². The average molecular weight is 348 g/mol. The number of aryl methyl sites for hydroxylation is 1. The lowest BCUT2D eigenvalue weighted by molar-refractivity contribution is 0.0313. The molecule has 1 aromatic carbocycles. The third kappa shape index (κ3) is 2.83. The Balaban J connectivity index is 1.61. The van der Waals surface area contributed by atoms with E-state index in [0.717, 1.165) is 5.56 Å². The second-order valence-corrected chi connectivity index (χ2v) is 6.11. The third-order valence-electron chi connectivity index (χ3n) is 4.12. The van der Waals surface area contributed by atoms with Crippen LogP contribution in [0.15, 0.2) is 53.6 Å². The van der Waals surface area contributed by atoms with E-state index < -0.39 is 12.1 Å². The minimum atomic E-state index is -0.716. The van der Waals surface area contributed by atoms with Crippen molar-refractivity contribution in [2.75, 3.05) is 0 Å². The lowest BCUT2D eigenvalue weighted by Gasteiger charge is -2.12. The van der Waals surface area contributed by atoms with Crippen molar-refractivity contribution in [1.82, 2.24) is 19.4 Å². The molecule has 0 aliphatic carbocycles. The number of nitrogens with one attached hydrogen (secondary N) is 1. The number of rotatable bonds is 3. The highest BCUT2D eigenvalue weighted by Crippen LogP contribution is 2.17. The molecule has 7 heteroatoms. The van der Waals surface area contributed by atoms with Crippen molar-refractivity contribution >= 4 is 22.5 Å². The molecular weight excluding hydrogens is 332 g/mol. The fraction of sp³-hybridized carbons (Fsp3) is 0.158. The summed E-state index contributed by atoms with van der Waals surface area (Å²) in [7, 11) is 0. The van der Waals surface area contributed by atoms with E-state index in [1.54, 1.807) is 41.8 Å². The van der Waals surface area contributed by atoms with E-state index in [-0.39, 0.29) is 11.3 Å². The molecule has 3 heterocycles. The Morgan fingerprint density at radius 3 is 2.88 bits per heavy atom. The van der Waals surface area contributed by atoms with E-state index in [0.29, 0.717) is 22.4 Å². The Kier molecular flexibility index (Phi) is 3.76. The molecule has 0 bridgehead atoms. The SMILES string of the molecule is Cc1ccn2cc(C(=O)OC(C)c3nc4ccccc4c(=O)[nH]3)nc2c1. The van der Waals surface area contributed by atoms with Gasteiger partial charge in [-0.15, -0.1) is 0 Å². The zero-order valence-electron chi connectivity index (χ0n) is 14.3. The van der Waals surface area contributed by atoms with Crippen LogP contribution in [0.25, 0.3) is 16.6 Å². The molecule has 0 saturated carbocycles. The fourth-order valence-corrected chi connectivity index (χ4v) is 2.76. The number of para-hydroxylation sites is 1. The van der Waals surface area contributed by atoms with Crippen LogP contribution >= 0.6 is 0 Å². The zero-order valence-corrected chi connectivity index (χ0v) is 14.3. The number of aromatic amines is 1. The zero-order chi connectivity index (χ0) is 18.3. The number of nitrogens with zero attached hydrogens (tertiary/aromatic N) is 3. The maximum absolute atomic E-state index is 12.4. The van der Waals surface area contributed by atoms with Gasteiger partial charge in [-0.1, -0.05) is 12.1 Å². The molecule has 0 fully saturated rings. The molecular formula is C19H16N4O3. The van der Waals surface area contributed by atoms with Crippen molar-refractivity contribution in [2.24, 2.45) is 0 Å². The summed E-state index contributed by atoms with van der Waals surface area (Å²) < 4.78 is 7.19. The number of pyridine rings is 1. The second-order valence-electron chi connectivity index (χ2n) is 6.11. The van der Waals surface area contributed by atoms with Gasteiger partial charge in [-0.2, -0.15) is 0 Å². The van der Waals surface area contributed by atoms with Gasteiger partial charge in [-0.05, 0) is 43.7 Å². The first-order valence-corrected chi connectivity index (χ1v) is 8.16.